The molecule has 0 amide bonds. The van der Waals surface area contributed by atoms with Gasteiger partial charge in [0, 0.05) is 24.1 Å². The maximum atomic E-state index is 12.4. The van der Waals surface area contributed by atoms with Crippen LogP contribution in [0.3, 0.4) is 0 Å². The van der Waals surface area contributed by atoms with E-state index in [2.05, 4.69) is 19.5 Å². The summed E-state index contributed by atoms with van der Waals surface area (Å²) >= 11 is 0. The van der Waals surface area contributed by atoms with Gasteiger partial charge in [0.1, 0.15) is 11.2 Å². The van der Waals surface area contributed by atoms with E-state index in [0.717, 1.165) is 17.5 Å². The van der Waals surface area contributed by atoms with Crippen LogP contribution in [0.4, 0.5) is 0 Å². The van der Waals surface area contributed by atoms with E-state index >= 15 is 0 Å². The molecule has 0 spiro atoms. The van der Waals surface area contributed by atoms with Gasteiger partial charge in [-0.1, -0.05) is 5.16 Å². The molecule has 3 heterocycles. The Hall–Kier alpha value is -2.04. The Balaban J connectivity index is 1.43. The van der Waals surface area contributed by atoms with Crippen molar-refractivity contribution < 1.29 is 17.7 Å². The highest BCUT2D eigenvalue weighted by atomic mass is 32.2. The first-order valence-electron chi connectivity index (χ1n) is 8.64. The molecule has 0 radical (unpaired) electrons. The number of sulfonamides is 1. The lowest BCUT2D eigenvalue weighted by Gasteiger charge is -2.30. The summed E-state index contributed by atoms with van der Waals surface area (Å²) in [4.78, 5) is 12.4. The van der Waals surface area contributed by atoms with Gasteiger partial charge < -0.3 is 9.26 Å². The molecule has 2 aliphatic rings. The van der Waals surface area contributed by atoms with Crippen LogP contribution in [0.2, 0.25) is 0 Å². The number of rotatable bonds is 4. The Morgan fingerprint density at radius 1 is 1.23 bits per heavy atom. The predicted octanol–water partition coefficient (Wildman–Crippen LogP) is 0.766. The van der Waals surface area contributed by atoms with E-state index in [9.17, 15) is 13.2 Å². The minimum Gasteiger partial charge on any atom is -0.376 e. The molecular weight excluding hydrogens is 360 g/mol. The summed E-state index contributed by atoms with van der Waals surface area (Å²) in [7, 11) is -3.62. The number of nitrogens with zero attached hydrogens (tertiary/aromatic N) is 3. The predicted molar refractivity (Wildman–Crippen MR) is 90.0 cm³/mol. The van der Waals surface area contributed by atoms with Gasteiger partial charge >= 0.3 is 0 Å². The van der Waals surface area contributed by atoms with E-state index in [0.29, 0.717) is 45.3 Å². The third-order valence-corrected chi connectivity index (χ3v) is 6.41. The second kappa shape index (κ2) is 6.93. The van der Waals surface area contributed by atoms with Crippen LogP contribution < -0.4 is 10.3 Å². The van der Waals surface area contributed by atoms with Gasteiger partial charge in [0.25, 0.3) is 5.56 Å². The highest BCUT2D eigenvalue weighted by Crippen LogP contribution is 2.28. The number of ether oxygens (including phenoxy) is 1. The van der Waals surface area contributed by atoms with Crippen LogP contribution in [0.25, 0.3) is 0 Å². The zero-order valence-corrected chi connectivity index (χ0v) is 14.9. The third kappa shape index (κ3) is 3.44. The first kappa shape index (κ1) is 17.4. The molecule has 1 aliphatic heterocycles. The van der Waals surface area contributed by atoms with Crippen molar-refractivity contribution in [3.05, 3.63) is 40.1 Å². The zero-order chi connectivity index (χ0) is 18.1. The molecule has 2 aromatic heterocycles. The molecule has 0 unspecified atom stereocenters. The Bertz CT molecular complexity index is 930. The molecule has 0 aromatic carbocycles. The van der Waals surface area contributed by atoms with Crippen LogP contribution in [0.5, 0.6) is 0 Å². The van der Waals surface area contributed by atoms with Crippen LogP contribution in [0.1, 0.15) is 43.0 Å². The largest absolute Gasteiger partial charge is 0.376 e. The molecule has 0 bridgehead atoms. The summed E-state index contributed by atoms with van der Waals surface area (Å²) in [6.07, 6.45) is 5.66. The van der Waals surface area contributed by atoms with Crippen molar-refractivity contribution in [2.75, 3.05) is 6.61 Å². The minimum atomic E-state index is -3.62. The molecule has 10 heteroatoms. The van der Waals surface area contributed by atoms with Crippen molar-refractivity contribution >= 4 is 10.0 Å². The molecular formula is C16H20N4O5S. The van der Waals surface area contributed by atoms with Gasteiger partial charge in [0.2, 0.25) is 10.0 Å². The third-order valence-electron chi connectivity index (χ3n) is 4.95. The fraction of sp³-hybridized carbons (Fsp3) is 0.562. The van der Waals surface area contributed by atoms with Crippen molar-refractivity contribution in [1.29, 1.82) is 0 Å². The van der Waals surface area contributed by atoms with E-state index < -0.39 is 10.0 Å². The minimum absolute atomic E-state index is 0.00742. The molecule has 1 N–H and O–H groups in total. The number of aromatic nitrogens is 3. The fourth-order valence-electron chi connectivity index (χ4n) is 3.54. The standard InChI is InChI=1S/C16H20N4O5S/c21-16-7-11-9-24-6-5-15(11)18-20(16)13-3-1-12(2-4-13)19-26(22,23)14-8-17-25-10-14/h7-8,10,12-13,19H,1-6,9H2. The van der Waals surface area contributed by atoms with Crippen LogP contribution in [-0.4, -0.2) is 36.0 Å². The topological polar surface area (TPSA) is 116 Å². The van der Waals surface area contributed by atoms with E-state index in [4.69, 9.17) is 4.74 Å². The normalized spacial score (nSPS) is 23.5. The maximum absolute atomic E-state index is 12.4. The molecule has 0 atom stereocenters. The molecule has 1 saturated carbocycles. The summed E-state index contributed by atoms with van der Waals surface area (Å²) in [5.41, 5.74) is 1.67. The number of hydrogen-bond acceptors (Lipinski definition) is 7. The molecule has 140 valence electrons. The van der Waals surface area contributed by atoms with Crippen LogP contribution in [0, 0.1) is 0 Å². The molecule has 2 aromatic rings. The van der Waals surface area contributed by atoms with Gasteiger partial charge in [-0.05, 0) is 25.7 Å². The summed E-state index contributed by atoms with van der Waals surface area (Å²) in [5, 5.41) is 7.97. The molecule has 1 fully saturated rings. The zero-order valence-electron chi connectivity index (χ0n) is 14.1. The smallest absolute Gasteiger partial charge is 0.267 e. The van der Waals surface area contributed by atoms with E-state index in [1.165, 1.54) is 6.20 Å². The Kier molecular flexibility index (Phi) is 4.63. The average Bonchev–Trinajstić information content (AvgIpc) is 3.17. The lowest BCUT2D eigenvalue weighted by atomic mass is 9.92. The number of fused-ring (bicyclic) bond motifs is 1. The van der Waals surface area contributed by atoms with Gasteiger partial charge in [-0.25, -0.2) is 17.8 Å². The van der Waals surface area contributed by atoms with Gasteiger partial charge in [0.05, 0.1) is 31.1 Å². The number of hydrogen-bond donors (Lipinski definition) is 1. The quantitative estimate of drug-likeness (QED) is 0.832. The van der Waals surface area contributed by atoms with Crippen molar-refractivity contribution in [3.63, 3.8) is 0 Å². The molecule has 0 saturated heterocycles. The molecule has 4 rings (SSSR count). The molecule has 26 heavy (non-hydrogen) atoms. The Labute approximate surface area is 150 Å². The number of nitrogens with one attached hydrogen (secondary N) is 1. The summed E-state index contributed by atoms with van der Waals surface area (Å²) in [6, 6.07) is 1.43. The first-order valence-corrected chi connectivity index (χ1v) is 10.1. The molecule has 1 aliphatic carbocycles. The summed E-state index contributed by atoms with van der Waals surface area (Å²) in [5.74, 6) is 0. The first-order chi connectivity index (χ1) is 12.5. The van der Waals surface area contributed by atoms with Crippen LogP contribution >= 0.6 is 0 Å². The van der Waals surface area contributed by atoms with Crippen LogP contribution in [0.15, 0.2) is 32.7 Å². The van der Waals surface area contributed by atoms with Crippen molar-refractivity contribution in [1.82, 2.24) is 19.7 Å². The van der Waals surface area contributed by atoms with Gasteiger partial charge in [-0.15, -0.1) is 0 Å². The van der Waals surface area contributed by atoms with Crippen molar-refractivity contribution in [2.45, 2.75) is 55.7 Å². The van der Waals surface area contributed by atoms with E-state index in [1.807, 2.05) is 0 Å². The highest BCUT2D eigenvalue weighted by Gasteiger charge is 2.28. The molecule has 9 nitrogen and oxygen atoms in total. The monoisotopic (exact) mass is 380 g/mol. The van der Waals surface area contributed by atoms with E-state index in [-0.39, 0.29) is 22.5 Å². The lowest BCUT2D eigenvalue weighted by Crippen LogP contribution is -2.40. The van der Waals surface area contributed by atoms with Gasteiger partial charge in [0.15, 0.2) is 0 Å². The Morgan fingerprint density at radius 2 is 2.04 bits per heavy atom. The van der Waals surface area contributed by atoms with E-state index in [1.54, 1.807) is 10.7 Å². The maximum Gasteiger partial charge on any atom is 0.267 e. The second-order valence-corrected chi connectivity index (χ2v) is 8.40. The van der Waals surface area contributed by atoms with Crippen molar-refractivity contribution in [2.24, 2.45) is 0 Å². The van der Waals surface area contributed by atoms with Gasteiger partial charge in [-0.2, -0.15) is 5.10 Å². The average molecular weight is 380 g/mol. The Morgan fingerprint density at radius 3 is 2.77 bits per heavy atom. The highest BCUT2D eigenvalue weighted by molar-refractivity contribution is 7.89. The lowest BCUT2D eigenvalue weighted by molar-refractivity contribution is 0.107. The van der Waals surface area contributed by atoms with Crippen molar-refractivity contribution in [3.8, 4) is 0 Å². The fourth-order valence-corrected chi connectivity index (χ4v) is 4.71. The second-order valence-electron chi connectivity index (χ2n) is 6.69. The summed E-state index contributed by atoms with van der Waals surface area (Å²) < 4.78 is 38.7. The van der Waals surface area contributed by atoms with Crippen LogP contribution in [-0.2, 0) is 27.8 Å². The SMILES string of the molecule is O=c1cc2c(nn1C1CCC(NS(=O)(=O)c3cnoc3)CC1)CCOC2. The van der Waals surface area contributed by atoms with Gasteiger partial charge in [-0.3, -0.25) is 4.79 Å². The summed E-state index contributed by atoms with van der Waals surface area (Å²) in [6.45, 7) is 1.06.